The Morgan fingerprint density at radius 1 is 1.38 bits per heavy atom. The second-order valence-corrected chi connectivity index (χ2v) is 5.64. The van der Waals surface area contributed by atoms with E-state index >= 15 is 0 Å². The molecule has 0 aliphatic heterocycles. The molecule has 1 aromatic rings. The number of ether oxygens (including phenoxy) is 1. The molecule has 2 rings (SSSR count). The van der Waals surface area contributed by atoms with Gasteiger partial charge in [-0.25, -0.2) is 4.98 Å². The molecule has 0 aromatic carbocycles. The highest BCUT2D eigenvalue weighted by Gasteiger charge is 2.35. The molecule has 1 aliphatic carbocycles. The molecule has 0 amide bonds. The first kappa shape index (κ1) is 15.5. The van der Waals surface area contributed by atoms with Crippen LogP contribution in [0, 0.1) is 6.92 Å². The first-order valence-electron chi connectivity index (χ1n) is 7.51. The van der Waals surface area contributed by atoms with Crippen molar-refractivity contribution in [1.82, 2.24) is 9.97 Å². The normalized spacial score (nSPS) is 17.2. The number of carboxylic acids is 1. The summed E-state index contributed by atoms with van der Waals surface area (Å²) in [6, 6.07) is 1.78. The number of aryl methyl sites for hydroxylation is 1. The Labute approximate surface area is 124 Å². The Kier molecular flexibility index (Phi) is 4.98. The van der Waals surface area contributed by atoms with Gasteiger partial charge >= 0.3 is 5.97 Å². The first-order valence-corrected chi connectivity index (χ1v) is 7.51. The number of aliphatic carboxylic acids is 1. The molecule has 0 spiro atoms. The smallest absolute Gasteiger partial charge is 0.305 e. The third-order valence-electron chi connectivity index (χ3n) is 3.80. The van der Waals surface area contributed by atoms with Gasteiger partial charge in [0, 0.05) is 11.8 Å². The maximum atomic E-state index is 11.2. The van der Waals surface area contributed by atoms with Crippen LogP contribution in [0.4, 0.5) is 5.95 Å². The molecule has 0 saturated heterocycles. The van der Waals surface area contributed by atoms with Gasteiger partial charge in [-0.15, -0.1) is 0 Å². The predicted octanol–water partition coefficient (Wildman–Crippen LogP) is 2.77. The standard InChI is InChI=1S/C15H23N3O3/c1-3-21-12-9-11(2)16-14(17-12)18-15(10-13(19)20)7-5-4-6-8-15/h9H,3-8,10H2,1-2H3,(H,19,20)(H,16,17,18). The van der Waals surface area contributed by atoms with Crippen molar-refractivity contribution in [2.24, 2.45) is 0 Å². The van der Waals surface area contributed by atoms with Crippen molar-refractivity contribution in [2.75, 3.05) is 11.9 Å². The van der Waals surface area contributed by atoms with Crippen LogP contribution < -0.4 is 10.1 Å². The number of hydrogen-bond donors (Lipinski definition) is 2. The van der Waals surface area contributed by atoms with E-state index in [2.05, 4.69) is 15.3 Å². The third kappa shape index (κ3) is 4.31. The summed E-state index contributed by atoms with van der Waals surface area (Å²) in [6.45, 7) is 4.31. The number of hydrogen-bond acceptors (Lipinski definition) is 5. The summed E-state index contributed by atoms with van der Waals surface area (Å²) in [7, 11) is 0. The number of aromatic nitrogens is 2. The molecule has 1 saturated carbocycles. The fourth-order valence-corrected chi connectivity index (χ4v) is 2.92. The topological polar surface area (TPSA) is 84.3 Å². The van der Waals surface area contributed by atoms with E-state index in [0.29, 0.717) is 18.4 Å². The van der Waals surface area contributed by atoms with Gasteiger partial charge in [-0.05, 0) is 26.7 Å². The molecule has 1 fully saturated rings. The van der Waals surface area contributed by atoms with Crippen LogP contribution in [0.25, 0.3) is 0 Å². The van der Waals surface area contributed by atoms with Crippen LogP contribution in [0.5, 0.6) is 5.88 Å². The number of rotatable bonds is 6. The van der Waals surface area contributed by atoms with E-state index in [-0.39, 0.29) is 6.42 Å². The van der Waals surface area contributed by atoms with Gasteiger partial charge in [0.25, 0.3) is 0 Å². The Bertz CT molecular complexity index is 499. The van der Waals surface area contributed by atoms with Gasteiger partial charge < -0.3 is 15.2 Å². The zero-order chi connectivity index (χ0) is 15.3. The number of carboxylic acid groups (broad SMARTS) is 1. The SMILES string of the molecule is CCOc1cc(C)nc(NC2(CC(=O)O)CCCCC2)n1. The zero-order valence-corrected chi connectivity index (χ0v) is 12.7. The van der Waals surface area contributed by atoms with Crippen LogP contribution >= 0.6 is 0 Å². The Morgan fingerprint density at radius 3 is 2.71 bits per heavy atom. The second kappa shape index (κ2) is 6.74. The van der Waals surface area contributed by atoms with Crippen LogP contribution in [0.2, 0.25) is 0 Å². The van der Waals surface area contributed by atoms with E-state index in [1.807, 2.05) is 13.8 Å². The van der Waals surface area contributed by atoms with Crippen LogP contribution in [0.15, 0.2) is 6.07 Å². The summed E-state index contributed by atoms with van der Waals surface area (Å²) in [6.07, 6.45) is 4.98. The number of anilines is 1. The van der Waals surface area contributed by atoms with E-state index in [0.717, 1.165) is 37.8 Å². The summed E-state index contributed by atoms with van der Waals surface area (Å²) in [5, 5.41) is 12.5. The van der Waals surface area contributed by atoms with Gasteiger partial charge in [0.15, 0.2) is 0 Å². The minimum absolute atomic E-state index is 0.0915. The molecule has 116 valence electrons. The van der Waals surface area contributed by atoms with Crippen molar-refractivity contribution in [3.05, 3.63) is 11.8 Å². The molecule has 6 heteroatoms. The van der Waals surface area contributed by atoms with Crippen LogP contribution in [0.3, 0.4) is 0 Å². The van der Waals surface area contributed by atoms with Crippen molar-refractivity contribution in [2.45, 2.75) is 57.9 Å². The predicted molar refractivity (Wildman–Crippen MR) is 79.6 cm³/mol. The highest BCUT2D eigenvalue weighted by Crippen LogP contribution is 2.34. The van der Waals surface area contributed by atoms with Crippen LogP contribution in [0.1, 0.15) is 51.1 Å². The van der Waals surface area contributed by atoms with Gasteiger partial charge in [0.2, 0.25) is 11.8 Å². The highest BCUT2D eigenvalue weighted by atomic mass is 16.5. The quantitative estimate of drug-likeness (QED) is 0.839. The molecule has 2 N–H and O–H groups in total. The van der Waals surface area contributed by atoms with E-state index in [1.165, 1.54) is 0 Å². The monoisotopic (exact) mass is 293 g/mol. The molecular formula is C15H23N3O3. The minimum atomic E-state index is -0.790. The van der Waals surface area contributed by atoms with Crippen molar-refractivity contribution in [3.8, 4) is 5.88 Å². The lowest BCUT2D eigenvalue weighted by Gasteiger charge is -2.37. The molecule has 21 heavy (non-hydrogen) atoms. The van der Waals surface area contributed by atoms with Gasteiger partial charge in [0.05, 0.1) is 18.6 Å². The van der Waals surface area contributed by atoms with Crippen molar-refractivity contribution in [3.63, 3.8) is 0 Å². The Morgan fingerprint density at radius 2 is 2.10 bits per heavy atom. The molecule has 1 aromatic heterocycles. The molecule has 1 heterocycles. The Hall–Kier alpha value is -1.85. The molecule has 0 atom stereocenters. The second-order valence-electron chi connectivity index (χ2n) is 5.64. The fourth-order valence-electron chi connectivity index (χ4n) is 2.92. The van der Waals surface area contributed by atoms with Gasteiger partial charge in [-0.2, -0.15) is 4.98 Å². The van der Waals surface area contributed by atoms with Crippen LogP contribution in [-0.2, 0) is 4.79 Å². The maximum absolute atomic E-state index is 11.2. The van der Waals surface area contributed by atoms with E-state index in [4.69, 9.17) is 4.74 Å². The van der Waals surface area contributed by atoms with Crippen molar-refractivity contribution < 1.29 is 14.6 Å². The van der Waals surface area contributed by atoms with E-state index < -0.39 is 11.5 Å². The third-order valence-corrected chi connectivity index (χ3v) is 3.80. The molecule has 0 bridgehead atoms. The fraction of sp³-hybridized carbons (Fsp3) is 0.667. The number of nitrogens with zero attached hydrogens (tertiary/aromatic N) is 2. The largest absolute Gasteiger partial charge is 0.481 e. The zero-order valence-electron chi connectivity index (χ0n) is 12.7. The number of nitrogens with one attached hydrogen (secondary N) is 1. The summed E-state index contributed by atoms with van der Waals surface area (Å²) < 4.78 is 5.42. The molecular weight excluding hydrogens is 270 g/mol. The summed E-state index contributed by atoms with van der Waals surface area (Å²) >= 11 is 0. The summed E-state index contributed by atoms with van der Waals surface area (Å²) in [5.74, 6) is 0.192. The lowest BCUT2D eigenvalue weighted by Crippen LogP contribution is -2.42. The van der Waals surface area contributed by atoms with Crippen molar-refractivity contribution in [1.29, 1.82) is 0 Å². The highest BCUT2D eigenvalue weighted by molar-refractivity contribution is 5.69. The van der Waals surface area contributed by atoms with Crippen LogP contribution in [-0.4, -0.2) is 33.2 Å². The maximum Gasteiger partial charge on any atom is 0.305 e. The average molecular weight is 293 g/mol. The molecule has 6 nitrogen and oxygen atoms in total. The van der Waals surface area contributed by atoms with Gasteiger partial charge in [0.1, 0.15) is 0 Å². The summed E-state index contributed by atoms with van der Waals surface area (Å²) in [4.78, 5) is 19.9. The van der Waals surface area contributed by atoms with Gasteiger partial charge in [-0.1, -0.05) is 19.3 Å². The molecule has 0 radical (unpaired) electrons. The molecule has 1 aliphatic rings. The molecule has 0 unspecified atom stereocenters. The first-order chi connectivity index (χ1) is 10.0. The van der Waals surface area contributed by atoms with Gasteiger partial charge in [-0.3, -0.25) is 4.79 Å². The summed E-state index contributed by atoms with van der Waals surface area (Å²) in [5.41, 5.74) is 0.360. The lowest BCUT2D eigenvalue weighted by atomic mass is 9.79. The lowest BCUT2D eigenvalue weighted by molar-refractivity contribution is -0.138. The van der Waals surface area contributed by atoms with E-state index in [9.17, 15) is 9.90 Å². The number of carbonyl (C=O) groups is 1. The van der Waals surface area contributed by atoms with Crippen molar-refractivity contribution >= 4 is 11.9 Å². The van der Waals surface area contributed by atoms with E-state index in [1.54, 1.807) is 6.07 Å². The Balaban J connectivity index is 2.21. The minimum Gasteiger partial charge on any atom is -0.481 e. The average Bonchev–Trinajstić information content (AvgIpc) is 2.38.